The van der Waals surface area contributed by atoms with Crippen molar-refractivity contribution in [3.8, 4) is 11.5 Å². The molecule has 1 amide bonds. The van der Waals surface area contributed by atoms with Crippen LogP contribution in [0, 0.1) is 0 Å². The van der Waals surface area contributed by atoms with Crippen LogP contribution in [0.1, 0.15) is 11.8 Å². The average molecular weight is 430 g/mol. The molecule has 0 unspecified atom stereocenters. The van der Waals surface area contributed by atoms with Crippen molar-refractivity contribution in [1.29, 1.82) is 0 Å². The number of aromatic nitrogens is 2. The molecule has 0 saturated carbocycles. The summed E-state index contributed by atoms with van der Waals surface area (Å²) in [6, 6.07) is 7.13. The quantitative estimate of drug-likeness (QED) is 0.351. The fourth-order valence-corrected chi connectivity index (χ4v) is 4.74. The van der Waals surface area contributed by atoms with Crippen LogP contribution in [-0.4, -0.2) is 28.0 Å². The molecular weight excluding hydrogens is 410 g/mol. The van der Waals surface area contributed by atoms with Crippen molar-refractivity contribution < 1.29 is 14.3 Å². The fourth-order valence-electron chi connectivity index (χ4n) is 2.92. The van der Waals surface area contributed by atoms with E-state index in [1.807, 2.05) is 13.0 Å². The highest BCUT2D eigenvalue weighted by Gasteiger charge is 2.17. The molecule has 0 spiro atoms. The smallest absolute Gasteiger partial charge is 0.263 e. The van der Waals surface area contributed by atoms with E-state index in [4.69, 9.17) is 9.47 Å². The summed E-state index contributed by atoms with van der Waals surface area (Å²) in [5, 5.41) is 3.95. The van der Waals surface area contributed by atoms with Crippen LogP contribution in [0.5, 0.6) is 11.5 Å². The molecule has 1 aliphatic heterocycles. The molecule has 2 aromatic heterocycles. The molecule has 0 fully saturated rings. The summed E-state index contributed by atoms with van der Waals surface area (Å²) in [5.74, 6) is 1.18. The van der Waals surface area contributed by atoms with E-state index in [0.29, 0.717) is 39.1 Å². The Morgan fingerprint density at radius 3 is 3.00 bits per heavy atom. The van der Waals surface area contributed by atoms with Gasteiger partial charge < -0.3 is 14.8 Å². The second-order valence-corrected chi connectivity index (χ2v) is 8.35. The Morgan fingerprint density at radius 1 is 1.38 bits per heavy atom. The molecule has 9 heteroatoms. The minimum absolute atomic E-state index is 0.107. The van der Waals surface area contributed by atoms with Crippen LogP contribution in [-0.2, 0) is 17.8 Å². The van der Waals surface area contributed by atoms with Crippen molar-refractivity contribution in [1.82, 2.24) is 9.55 Å². The predicted octanol–water partition coefficient (Wildman–Crippen LogP) is 3.67. The van der Waals surface area contributed by atoms with Crippen LogP contribution in [0.3, 0.4) is 0 Å². The Balaban J connectivity index is 1.52. The standard InChI is InChI=1S/C20H19N3O4S2/c1-3-7-23-19(25)14-9-13(4-2)29-18(14)22-20(23)28-10-17(24)21-12-5-6-15-16(8-12)27-11-26-15/h3,5-6,8-9H,1,4,7,10-11H2,2H3,(H,21,24). The number of fused-ring (bicyclic) bond motifs is 2. The zero-order chi connectivity index (χ0) is 20.4. The Labute approximate surface area is 175 Å². The molecule has 3 aromatic rings. The molecule has 3 heterocycles. The Kier molecular flexibility index (Phi) is 5.59. The minimum Gasteiger partial charge on any atom is -0.454 e. The van der Waals surface area contributed by atoms with Gasteiger partial charge in [0, 0.05) is 23.2 Å². The number of rotatable bonds is 7. The maximum atomic E-state index is 12.9. The largest absolute Gasteiger partial charge is 0.454 e. The Bertz CT molecular complexity index is 1150. The molecule has 4 rings (SSSR count). The van der Waals surface area contributed by atoms with Gasteiger partial charge >= 0.3 is 0 Å². The lowest BCUT2D eigenvalue weighted by Gasteiger charge is -2.10. The first-order valence-corrected chi connectivity index (χ1v) is 10.9. The number of amides is 1. The number of nitrogens with one attached hydrogen (secondary N) is 1. The molecular formula is C20H19N3O4S2. The van der Waals surface area contributed by atoms with Gasteiger partial charge in [-0.1, -0.05) is 24.8 Å². The van der Waals surface area contributed by atoms with Gasteiger partial charge in [-0.2, -0.15) is 0 Å². The van der Waals surface area contributed by atoms with Gasteiger partial charge in [-0.15, -0.1) is 17.9 Å². The van der Waals surface area contributed by atoms with Gasteiger partial charge in [0.2, 0.25) is 12.7 Å². The van der Waals surface area contributed by atoms with Gasteiger partial charge in [0.1, 0.15) is 4.83 Å². The topological polar surface area (TPSA) is 82.5 Å². The molecule has 150 valence electrons. The van der Waals surface area contributed by atoms with Gasteiger partial charge in [-0.25, -0.2) is 4.98 Å². The van der Waals surface area contributed by atoms with Crippen molar-refractivity contribution in [3.05, 3.63) is 52.2 Å². The van der Waals surface area contributed by atoms with E-state index in [-0.39, 0.29) is 24.0 Å². The van der Waals surface area contributed by atoms with E-state index in [0.717, 1.165) is 11.3 Å². The molecule has 1 aromatic carbocycles. The second-order valence-electron chi connectivity index (χ2n) is 6.29. The van der Waals surface area contributed by atoms with Gasteiger partial charge in [-0.05, 0) is 24.6 Å². The number of thioether (sulfide) groups is 1. The molecule has 0 radical (unpaired) electrons. The molecule has 0 atom stereocenters. The fraction of sp³-hybridized carbons (Fsp3) is 0.250. The van der Waals surface area contributed by atoms with Crippen molar-refractivity contribution in [2.24, 2.45) is 0 Å². The van der Waals surface area contributed by atoms with Crippen LogP contribution < -0.4 is 20.3 Å². The first kappa shape index (κ1) is 19.5. The maximum Gasteiger partial charge on any atom is 0.263 e. The predicted molar refractivity (Wildman–Crippen MR) is 115 cm³/mol. The summed E-state index contributed by atoms with van der Waals surface area (Å²) in [7, 11) is 0. The van der Waals surface area contributed by atoms with Gasteiger partial charge in [0.25, 0.3) is 5.56 Å². The zero-order valence-corrected chi connectivity index (χ0v) is 17.4. The van der Waals surface area contributed by atoms with Crippen LogP contribution in [0.4, 0.5) is 5.69 Å². The van der Waals surface area contributed by atoms with Crippen LogP contribution in [0.15, 0.2) is 46.9 Å². The first-order valence-electron chi connectivity index (χ1n) is 9.05. The summed E-state index contributed by atoms with van der Waals surface area (Å²) >= 11 is 2.74. The Morgan fingerprint density at radius 2 is 2.21 bits per heavy atom. The third-order valence-electron chi connectivity index (χ3n) is 4.32. The summed E-state index contributed by atoms with van der Waals surface area (Å²) in [5.41, 5.74) is 0.516. The van der Waals surface area contributed by atoms with Crippen molar-refractivity contribution in [2.75, 3.05) is 17.9 Å². The van der Waals surface area contributed by atoms with Crippen molar-refractivity contribution in [3.63, 3.8) is 0 Å². The van der Waals surface area contributed by atoms with Crippen LogP contribution in [0.25, 0.3) is 10.2 Å². The van der Waals surface area contributed by atoms with Gasteiger partial charge in [0.15, 0.2) is 16.7 Å². The molecule has 0 bridgehead atoms. The number of carbonyl (C=O) groups is 1. The van der Waals surface area contributed by atoms with E-state index >= 15 is 0 Å². The lowest BCUT2D eigenvalue weighted by Crippen LogP contribution is -2.23. The number of thiophene rings is 1. The van der Waals surface area contributed by atoms with E-state index in [2.05, 4.69) is 16.9 Å². The van der Waals surface area contributed by atoms with Crippen molar-refractivity contribution >= 4 is 44.9 Å². The molecule has 7 nitrogen and oxygen atoms in total. The van der Waals surface area contributed by atoms with E-state index < -0.39 is 0 Å². The molecule has 0 saturated heterocycles. The van der Waals surface area contributed by atoms with Crippen LogP contribution >= 0.6 is 23.1 Å². The highest BCUT2D eigenvalue weighted by molar-refractivity contribution is 7.99. The van der Waals surface area contributed by atoms with E-state index in [1.165, 1.54) is 23.1 Å². The van der Waals surface area contributed by atoms with Crippen molar-refractivity contribution in [2.45, 2.75) is 25.0 Å². The minimum atomic E-state index is -0.200. The lowest BCUT2D eigenvalue weighted by molar-refractivity contribution is -0.113. The molecule has 0 aliphatic carbocycles. The van der Waals surface area contributed by atoms with E-state index in [9.17, 15) is 9.59 Å². The number of hydrogen-bond acceptors (Lipinski definition) is 7. The van der Waals surface area contributed by atoms with Gasteiger partial charge in [-0.3, -0.25) is 14.2 Å². The zero-order valence-electron chi connectivity index (χ0n) is 15.8. The summed E-state index contributed by atoms with van der Waals surface area (Å²) in [6.07, 6.45) is 2.50. The number of anilines is 1. The van der Waals surface area contributed by atoms with Crippen LogP contribution in [0.2, 0.25) is 0 Å². The van der Waals surface area contributed by atoms with Gasteiger partial charge in [0.05, 0.1) is 11.1 Å². The average Bonchev–Trinajstić information content (AvgIpc) is 3.35. The summed E-state index contributed by atoms with van der Waals surface area (Å²) < 4.78 is 12.1. The third-order valence-corrected chi connectivity index (χ3v) is 6.47. The normalized spacial score (nSPS) is 12.3. The summed E-state index contributed by atoms with van der Waals surface area (Å²) in [6.45, 7) is 6.29. The number of ether oxygens (including phenoxy) is 2. The highest BCUT2D eigenvalue weighted by Crippen LogP contribution is 2.34. The van der Waals surface area contributed by atoms with E-state index in [1.54, 1.807) is 28.8 Å². The number of hydrogen-bond donors (Lipinski definition) is 1. The molecule has 1 N–H and O–H groups in total. The highest BCUT2D eigenvalue weighted by atomic mass is 32.2. The second kappa shape index (κ2) is 8.30. The number of benzene rings is 1. The molecule has 29 heavy (non-hydrogen) atoms. The summed E-state index contributed by atoms with van der Waals surface area (Å²) in [4.78, 5) is 31.7. The Hall–Kier alpha value is -2.78. The molecule has 1 aliphatic rings. The number of nitrogens with zero attached hydrogens (tertiary/aromatic N) is 2. The monoisotopic (exact) mass is 429 g/mol. The number of aryl methyl sites for hydroxylation is 1. The first-order chi connectivity index (χ1) is 14.1. The number of allylic oxidation sites excluding steroid dienone is 1. The SMILES string of the molecule is C=CCn1c(SCC(=O)Nc2ccc3c(c2)OCO3)nc2sc(CC)cc2c1=O. The third kappa shape index (κ3) is 4.01. The number of carbonyl (C=O) groups excluding carboxylic acids is 1. The lowest BCUT2D eigenvalue weighted by atomic mass is 10.3. The maximum absolute atomic E-state index is 12.9.